The summed E-state index contributed by atoms with van der Waals surface area (Å²) in [6, 6.07) is 15.2. The van der Waals surface area contributed by atoms with E-state index in [0.717, 1.165) is 37.4 Å². The number of carbonyl (C=O) groups is 1. The summed E-state index contributed by atoms with van der Waals surface area (Å²) in [4.78, 5) is 15.3. The molecule has 0 spiro atoms. The highest BCUT2D eigenvalue weighted by molar-refractivity contribution is 7.99. The summed E-state index contributed by atoms with van der Waals surface area (Å²) in [5, 5.41) is 2.81. The summed E-state index contributed by atoms with van der Waals surface area (Å²) in [5.74, 6) is 0.620. The van der Waals surface area contributed by atoms with Crippen LogP contribution in [0.1, 0.15) is 24.8 Å². The van der Waals surface area contributed by atoms with Crippen LogP contribution < -0.4 is 10.0 Å². The molecule has 2 N–H and O–H groups in total. The maximum Gasteiger partial charge on any atom is 0.240 e. The van der Waals surface area contributed by atoms with E-state index < -0.39 is 10.0 Å². The fraction of sp³-hybridized carbons (Fsp3) is 0.381. The van der Waals surface area contributed by atoms with Gasteiger partial charge in [-0.15, -0.1) is 11.8 Å². The average Bonchev–Trinajstić information content (AvgIpc) is 2.90. The zero-order valence-corrected chi connectivity index (χ0v) is 17.8. The predicted molar refractivity (Wildman–Crippen MR) is 115 cm³/mol. The lowest BCUT2D eigenvalue weighted by atomic mass is 10.1. The van der Waals surface area contributed by atoms with Crippen molar-refractivity contribution in [3.63, 3.8) is 0 Å². The van der Waals surface area contributed by atoms with E-state index in [0.29, 0.717) is 17.9 Å². The Bertz CT molecular complexity index is 972. The Balaban J connectivity index is 1.38. The summed E-state index contributed by atoms with van der Waals surface area (Å²) in [7, 11) is -3.63. The second-order valence-electron chi connectivity index (χ2n) is 7.46. The molecule has 0 atom stereocenters. The van der Waals surface area contributed by atoms with Gasteiger partial charge in [-0.25, -0.2) is 13.1 Å². The quantitative estimate of drug-likeness (QED) is 0.761. The molecule has 1 saturated heterocycles. The molecule has 2 aliphatic heterocycles. The van der Waals surface area contributed by atoms with Gasteiger partial charge in [-0.1, -0.05) is 30.3 Å². The Morgan fingerprint density at radius 3 is 2.62 bits per heavy atom. The Morgan fingerprint density at radius 2 is 1.86 bits per heavy atom. The number of thioether (sulfide) groups is 1. The molecule has 4 rings (SSSR count). The van der Waals surface area contributed by atoms with E-state index in [1.807, 2.05) is 18.2 Å². The number of benzene rings is 2. The number of carbonyl (C=O) groups excluding carboxylic acids is 1. The van der Waals surface area contributed by atoms with Crippen molar-refractivity contribution in [1.82, 2.24) is 9.62 Å². The van der Waals surface area contributed by atoms with Crippen LogP contribution in [0.5, 0.6) is 0 Å². The molecule has 0 saturated carbocycles. The van der Waals surface area contributed by atoms with Crippen LogP contribution in [0.4, 0.5) is 5.69 Å². The molecule has 2 aliphatic rings. The van der Waals surface area contributed by atoms with Gasteiger partial charge in [0, 0.05) is 42.7 Å². The van der Waals surface area contributed by atoms with Crippen LogP contribution in [0.3, 0.4) is 0 Å². The number of anilines is 1. The maximum atomic E-state index is 12.9. The molecule has 154 valence electrons. The first kappa shape index (κ1) is 20.4. The fourth-order valence-electron chi connectivity index (χ4n) is 3.70. The molecule has 0 aromatic heterocycles. The topological polar surface area (TPSA) is 78.5 Å². The molecule has 8 heteroatoms. The maximum absolute atomic E-state index is 12.9. The van der Waals surface area contributed by atoms with Gasteiger partial charge in [0.25, 0.3) is 0 Å². The number of likely N-dealkylation sites (tertiary alicyclic amines) is 1. The Labute approximate surface area is 176 Å². The standard InChI is InChI=1S/C21H25N3O3S2/c25-21-10-13-28-20-7-6-18(14-19(20)22-21)29(26,27)23-17-8-11-24(12-9-17)15-16-4-2-1-3-5-16/h1-7,14,17,23H,8-13,15H2,(H,22,25). The van der Waals surface area contributed by atoms with Gasteiger partial charge in [-0.05, 0) is 36.6 Å². The number of amides is 1. The first-order chi connectivity index (χ1) is 14.0. The van der Waals surface area contributed by atoms with Crippen molar-refractivity contribution in [1.29, 1.82) is 0 Å². The molecule has 2 heterocycles. The van der Waals surface area contributed by atoms with Gasteiger partial charge in [-0.3, -0.25) is 9.69 Å². The van der Waals surface area contributed by atoms with Crippen LogP contribution in [0.15, 0.2) is 58.3 Å². The van der Waals surface area contributed by atoms with Gasteiger partial charge in [-0.2, -0.15) is 0 Å². The molecule has 1 amide bonds. The number of hydrogen-bond acceptors (Lipinski definition) is 5. The van der Waals surface area contributed by atoms with Crippen LogP contribution in [-0.4, -0.2) is 44.1 Å². The lowest BCUT2D eigenvalue weighted by Gasteiger charge is -2.32. The lowest BCUT2D eigenvalue weighted by molar-refractivity contribution is -0.115. The van der Waals surface area contributed by atoms with Gasteiger partial charge < -0.3 is 5.32 Å². The number of nitrogens with zero attached hydrogens (tertiary/aromatic N) is 1. The molecular weight excluding hydrogens is 406 g/mol. The summed E-state index contributed by atoms with van der Waals surface area (Å²) in [5.41, 5.74) is 1.86. The minimum Gasteiger partial charge on any atom is -0.325 e. The van der Waals surface area contributed by atoms with E-state index >= 15 is 0 Å². The fourth-order valence-corrected chi connectivity index (χ4v) is 5.97. The molecular formula is C21H25N3O3S2. The minimum absolute atomic E-state index is 0.0743. The first-order valence-electron chi connectivity index (χ1n) is 9.85. The first-order valence-corrected chi connectivity index (χ1v) is 12.3. The Hall–Kier alpha value is -1.87. The highest BCUT2D eigenvalue weighted by Crippen LogP contribution is 2.32. The highest BCUT2D eigenvalue weighted by atomic mass is 32.2. The molecule has 1 fully saturated rings. The van der Waals surface area contributed by atoms with E-state index in [1.165, 1.54) is 5.56 Å². The Morgan fingerprint density at radius 1 is 1.10 bits per heavy atom. The van der Waals surface area contributed by atoms with Crippen LogP contribution in [0.25, 0.3) is 0 Å². The minimum atomic E-state index is -3.63. The van der Waals surface area contributed by atoms with Gasteiger partial charge in [0.2, 0.25) is 15.9 Å². The number of fused-ring (bicyclic) bond motifs is 1. The summed E-state index contributed by atoms with van der Waals surface area (Å²) in [6.07, 6.45) is 1.99. The molecule has 0 unspecified atom stereocenters. The number of rotatable bonds is 5. The second-order valence-corrected chi connectivity index (χ2v) is 10.3. The third kappa shape index (κ3) is 5.19. The van der Waals surface area contributed by atoms with Crippen LogP contribution >= 0.6 is 11.8 Å². The van der Waals surface area contributed by atoms with Crippen molar-refractivity contribution in [3.8, 4) is 0 Å². The van der Waals surface area contributed by atoms with Gasteiger partial charge in [0.1, 0.15) is 0 Å². The molecule has 0 bridgehead atoms. The van der Waals surface area contributed by atoms with Crippen LogP contribution in [-0.2, 0) is 21.4 Å². The second kappa shape index (κ2) is 8.87. The van der Waals surface area contributed by atoms with Crippen molar-refractivity contribution in [2.75, 3.05) is 24.2 Å². The van der Waals surface area contributed by atoms with E-state index in [2.05, 4.69) is 27.1 Å². The third-order valence-corrected chi connectivity index (χ3v) is 7.87. The Kier molecular flexibility index (Phi) is 6.24. The molecule has 0 radical (unpaired) electrons. The largest absolute Gasteiger partial charge is 0.325 e. The van der Waals surface area contributed by atoms with Crippen molar-refractivity contribution in [2.24, 2.45) is 0 Å². The molecule has 0 aliphatic carbocycles. The smallest absolute Gasteiger partial charge is 0.240 e. The zero-order chi connectivity index (χ0) is 20.3. The van der Waals surface area contributed by atoms with Crippen LogP contribution in [0, 0.1) is 0 Å². The molecule has 2 aromatic carbocycles. The molecule has 2 aromatic rings. The van der Waals surface area contributed by atoms with E-state index in [4.69, 9.17) is 0 Å². The summed E-state index contributed by atoms with van der Waals surface area (Å²) in [6.45, 7) is 2.61. The van der Waals surface area contributed by atoms with E-state index in [1.54, 1.807) is 30.0 Å². The summed E-state index contributed by atoms with van der Waals surface area (Å²) >= 11 is 1.57. The van der Waals surface area contributed by atoms with E-state index in [9.17, 15) is 13.2 Å². The number of sulfonamides is 1. The highest BCUT2D eigenvalue weighted by Gasteiger charge is 2.26. The normalized spacial score (nSPS) is 18.7. The monoisotopic (exact) mass is 431 g/mol. The predicted octanol–water partition coefficient (Wildman–Crippen LogP) is 3.06. The average molecular weight is 432 g/mol. The van der Waals surface area contributed by atoms with Crippen LogP contribution in [0.2, 0.25) is 0 Å². The van der Waals surface area contributed by atoms with Crippen molar-refractivity contribution >= 4 is 33.4 Å². The molecule has 6 nitrogen and oxygen atoms in total. The van der Waals surface area contributed by atoms with Gasteiger partial charge >= 0.3 is 0 Å². The van der Waals surface area contributed by atoms with Crippen molar-refractivity contribution < 1.29 is 13.2 Å². The third-order valence-electron chi connectivity index (χ3n) is 5.28. The SMILES string of the molecule is O=C1CCSc2ccc(S(=O)(=O)NC3CCN(Cc4ccccc4)CC3)cc2N1. The number of nitrogens with one attached hydrogen (secondary N) is 2. The van der Waals surface area contributed by atoms with Crippen molar-refractivity contribution in [3.05, 3.63) is 54.1 Å². The zero-order valence-electron chi connectivity index (χ0n) is 16.1. The molecule has 29 heavy (non-hydrogen) atoms. The van der Waals surface area contributed by atoms with E-state index in [-0.39, 0.29) is 16.8 Å². The van der Waals surface area contributed by atoms with Gasteiger partial charge in [0.15, 0.2) is 0 Å². The lowest BCUT2D eigenvalue weighted by Crippen LogP contribution is -2.44. The number of hydrogen-bond donors (Lipinski definition) is 2. The van der Waals surface area contributed by atoms with Gasteiger partial charge in [0.05, 0.1) is 10.6 Å². The summed E-state index contributed by atoms with van der Waals surface area (Å²) < 4.78 is 28.6. The number of piperidine rings is 1. The van der Waals surface area contributed by atoms with Crippen molar-refractivity contribution in [2.45, 2.75) is 41.6 Å².